The minimum absolute atomic E-state index is 0.255. The van der Waals surface area contributed by atoms with Crippen LogP contribution in [0.3, 0.4) is 0 Å². The molecule has 0 saturated carbocycles. The van der Waals surface area contributed by atoms with Gasteiger partial charge in [-0.05, 0) is 19.1 Å². The maximum Gasteiger partial charge on any atom is 0.327 e. The van der Waals surface area contributed by atoms with Crippen LogP contribution in [-0.2, 0) is 4.79 Å². The quantitative estimate of drug-likeness (QED) is 0.764. The number of carbonyl (C=O) groups excluding carboxylic acids is 1. The minimum atomic E-state index is -0.985. The topological polar surface area (TPSA) is 82.5 Å². The fourth-order valence-electron chi connectivity index (χ4n) is 2.01. The van der Waals surface area contributed by atoms with E-state index < -0.39 is 12.0 Å². The molecular weight excluding hydrogens is 234 g/mol. The summed E-state index contributed by atoms with van der Waals surface area (Å²) in [6, 6.07) is 2.47. The van der Waals surface area contributed by atoms with E-state index in [-0.39, 0.29) is 12.5 Å². The number of aromatic nitrogens is 1. The van der Waals surface area contributed by atoms with Crippen molar-refractivity contribution in [1.82, 2.24) is 15.2 Å². The lowest BCUT2D eigenvalue weighted by molar-refractivity contribution is -0.142. The summed E-state index contributed by atoms with van der Waals surface area (Å²) in [5, 5.41) is 12.1. The molecule has 18 heavy (non-hydrogen) atoms. The molecule has 1 aliphatic rings. The standard InChI is InChI=1S/C12H15N3O3/c1-8-6-9(2-3-14-8)11(16)15-5-4-13-7-10(15)12(17)18/h2-3,6,10,13H,4-5,7H2,1H3,(H,17,18). The number of rotatable bonds is 2. The van der Waals surface area contributed by atoms with Gasteiger partial charge in [0.2, 0.25) is 0 Å². The Balaban J connectivity index is 2.23. The number of carboxylic acid groups (broad SMARTS) is 1. The molecule has 1 saturated heterocycles. The van der Waals surface area contributed by atoms with E-state index in [1.54, 1.807) is 25.3 Å². The average molecular weight is 249 g/mol. The number of carbonyl (C=O) groups is 2. The van der Waals surface area contributed by atoms with Crippen LogP contribution >= 0.6 is 0 Å². The van der Waals surface area contributed by atoms with Gasteiger partial charge < -0.3 is 15.3 Å². The molecule has 1 aromatic heterocycles. The van der Waals surface area contributed by atoms with Crippen LogP contribution in [0.1, 0.15) is 16.1 Å². The predicted octanol–water partition coefficient (Wildman–Crippen LogP) is -0.111. The lowest BCUT2D eigenvalue weighted by atomic mass is 10.1. The number of amides is 1. The Morgan fingerprint density at radius 3 is 3.00 bits per heavy atom. The van der Waals surface area contributed by atoms with E-state index in [4.69, 9.17) is 5.11 Å². The van der Waals surface area contributed by atoms with E-state index in [0.717, 1.165) is 5.69 Å². The Morgan fingerprint density at radius 1 is 1.56 bits per heavy atom. The van der Waals surface area contributed by atoms with Crippen LogP contribution in [0.15, 0.2) is 18.3 Å². The summed E-state index contributed by atoms with van der Waals surface area (Å²) in [5.41, 5.74) is 1.22. The van der Waals surface area contributed by atoms with Gasteiger partial charge in [0.25, 0.3) is 5.91 Å². The number of pyridine rings is 1. The lowest BCUT2D eigenvalue weighted by Crippen LogP contribution is -2.57. The molecule has 96 valence electrons. The largest absolute Gasteiger partial charge is 0.480 e. The van der Waals surface area contributed by atoms with Crippen LogP contribution in [0, 0.1) is 6.92 Å². The van der Waals surface area contributed by atoms with Crippen LogP contribution in [0.2, 0.25) is 0 Å². The first-order valence-corrected chi connectivity index (χ1v) is 5.77. The van der Waals surface area contributed by atoms with Crippen LogP contribution in [-0.4, -0.2) is 52.5 Å². The summed E-state index contributed by atoms with van der Waals surface area (Å²) in [5.74, 6) is -1.24. The van der Waals surface area contributed by atoms with E-state index in [1.165, 1.54) is 4.90 Å². The molecule has 1 aliphatic heterocycles. The number of hydrogen-bond donors (Lipinski definition) is 2. The van der Waals surface area contributed by atoms with Crippen molar-refractivity contribution in [1.29, 1.82) is 0 Å². The maximum absolute atomic E-state index is 12.3. The van der Waals surface area contributed by atoms with Crippen molar-refractivity contribution in [2.75, 3.05) is 19.6 Å². The molecule has 0 bridgehead atoms. The molecule has 1 unspecified atom stereocenters. The van der Waals surface area contributed by atoms with Gasteiger partial charge in [0, 0.05) is 37.1 Å². The van der Waals surface area contributed by atoms with Crippen molar-refractivity contribution in [3.05, 3.63) is 29.6 Å². The normalized spacial score (nSPS) is 19.6. The van der Waals surface area contributed by atoms with Gasteiger partial charge in [-0.25, -0.2) is 4.79 Å². The molecule has 1 aromatic rings. The highest BCUT2D eigenvalue weighted by atomic mass is 16.4. The van der Waals surface area contributed by atoms with Crippen molar-refractivity contribution in [3.63, 3.8) is 0 Å². The van der Waals surface area contributed by atoms with Crippen LogP contribution in [0.5, 0.6) is 0 Å². The van der Waals surface area contributed by atoms with Gasteiger partial charge in [-0.2, -0.15) is 0 Å². The van der Waals surface area contributed by atoms with Gasteiger partial charge >= 0.3 is 5.97 Å². The number of aryl methyl sites for hydroxylation is 1. The molecule has 2 rings (SSSR count). The van der Waals surface area contributed by atoms with Crippen molar-refractivity contribution in [3.8, 4) is 0 Å². The zero-order valence-electron chi connectivity index (χ0n) is 10.1. The zero-order valence-corrected chi connectivity index (χ0v) is 10.1. The van der Waals surface area contributed by atoms with Crippen molar-refractivity contribution in [2.45, 2.75) is 13.0 Å². The third kappa shape index (κ3) is 2.48. The van der Waals surface area contributed by atoms with E-state index in [0.29, 0.717) is 18.7 Å². The summed E-state index contributed by atoms with van der Waals surface area (Å²) in [4.78, 5) is 28.8. The molecule has 1 amide bonds. The van der Waals surface area contributed by atoms with Crippen LogP contribution in [0.25, 0.3) is 0 Å². The molecule has 0 radical (unpaired) electrons. The second kappa shape index (κ2) is 5.14. The van der Waals surface area contributed by atoms with Gasteiger partial charge in [0.05, 0.1) is 0 Å². The first-order chi connectivity index (χ1) is 8.59. The van der Waals surface area contributed by atoms with Crippen molar-refractivity contribution >= 4 is 11.9 Å². The number of nitrogens with zero attached hydrogens (tertiary/aromatic N) is 2. The fourth-order valence-corrected chi connectivity index (χ4v) is 2.01. The van der Waals surface area contributed by atoms with E-state index in [9.17, 15) is 9.59 Å². The number of aliphatic carboxylic acids is 1. The Kier molecular flexibility index (Phi) is 3.57. The molecule has 6 nitrogen and oxygen atoms in total. The van der Waals surface area contributed by atoms with E-state index >= 15 is 0 Å². The van der Waals surface area contributed by atoms with Crippen LogP contribution < -0.4 is 5.32 Å². The third-order valence-corrected chi connectivity index (χ3v) is 2.93. The summed E-state index contributed by atoms with van der Waals surface area (Å²) in [7, 11) is 0. The molecule has 0 aliphatic carbocycles. The summed E-state index contributed by atoms with van der Waals surface area (Å²) in [6.45, 7) is 3.09. The maximum atomic E-state index is 12.3. The Labute approximate surface area is 105 Å². The van der Waals surface area contributed by atoms with E-state index in [2.05, 4.69) is 10.3 Å². The highest BCUT2D eigenvalue weighted by Crippen LogP contribution is 2.11. The van der Waals surface area contributed by atoms with Gasteiger partial charge in [0.1, 0.15) is 6.04 Å². The Hall–Kier alpha value is -1.95. The average Bonchev–Trinajstić information content (AvgIpc) is 2.38. The van der Waals surface area contributed by atoms with Gasteiger partial charge in [-0.3, -0.25) is 9.78 Å². The Bertz CT molecular complexity index is 475. The SMILES string of the molecule is Cc1cc(C(=O)N2CCNCC2C(=O)O)ccn1. The van der Waals surface area contributed by atoms with Gasteiger partial charge in [0.15, 0.2) is 0 Å². The number of nitrogens with one attached hydrogen (secondary N) is 1. The smallest absolute Gasteiger partial charge is 0.327 e. The molecule has 0 aromatic carbocycles. The monoisotopic (exact) mass is 249 g/mol. The molecule has 2 heterocycles. The molecule has 1 fully saturated rings. The molecular formula is C12H15N3O3. The highest BCUT2D eigenvalue weighted by molar-refractivity contribution is 5.96. The first-order valence-electron chi connectivity index (χ1n) is 5.77. The highest BCUT2D eigenvalue weighted by Gasteiger charge is 2.32. The zero-order chi connectivity index (χ0) is 13.1. The van der Waals surface area contributed by atoms with Crippen molar-refractivity contribution in [2.24, 2.45) is 0 Å². The molecule has 1 atom stereocenters. The minimum Gasteiger partial charge on any atom is -0.480 e. The number of carboxylic acids is 1. The van der Waals surface area contributed by atoms with Crippen LogP contribution in [0.4, 0.5) is 0 Å². The number of hydrogen-bond acceptors (Lipinski definition) is 4. The van der Waals surface area contributed by atoms with Crippen molar-refractivity contribution < 1.29 is 14.7 Å². The fraction of sp³-hybridized carbons (Fsp3) is 0.417. The predicted molar refractivity (Wildman–Crippen MR) is 64.3 cm³/mol. The first kappa shape index (κ1) is 12.5. The Morgan fingerprint density at radius 2 is 2.33 bits per heavy atom. The summed E-state index contributed by atoms with van der Waals surface area (Å²) in [6.07, 6.45) is 1.56. The van der Waals surface area contributed by atoms with E-state index in [1.807, 2.05) is 0 Å². The molecule has 6 heteroatoms. The molecule has 2 N–H and O–H groups in total. The summed E-state index contributed by atoms with van der Waals surface area (Å²) >= 11 is 0. The second-order valence-corrected chi connectivity index (χ2v) is 4.24. The van der Waals surface area contributed by atoms with Gasteiger partial charge in [-0.1, -0.05) is 0 Å². The molecule has 0 spiro atoms. The summed E-state index contributed by atoms with van der Waals surface area (Å²) < 4.78 is 0. The van der Waals surface area contributed by atoms with Gasteiger partial charge in [-0.15, -0.1) is 0 Å². The number of piperazine rings is 1. The second-order valence-electron chi connectivity index (χ2n) is 4.24. The lowest BCUT2D eigenvalue weighted by Gasteiger charge is -2.33. The third-order valence-electron chi connectivity index (χ3n) is 2.93.